The molecule has 1 saturated carbocycles. The molecule has 0 N–H and O–H groups in total. The number of benzene rings is 1. The number of carbonyl (C=O) groups is 1. The fraction of sp³-hybridized carbons (Fsp3) is 0.353. The molecule has 1 saturated heterocycles. The van der Waals surface area contributed by atoms with E-state index in [-0.39, 0.29) is 35.7 Å². The summed E-state index contributed by atoms with van der Waals surface area (Å²) < 4.78 is 5.46. The molecule has 102 valence electrons. The summed E-state index contributed by atoms with van der Waals surface area (Å²) in [6, 6.07) is 14.2. The van der Waals surface area contributed by atoms with Crippen LogP contribution >= 0.6 is 0 Å². The maximum absolute atomic E-state index is 12.2. The topological polar surface area (TPSA) is 73.9 Å². The van der Waals surface area contributed by atoms with Crippen LogP contribution in [-0.4, -0.2) is 12.1 Å². The van der Waals surface area contributed by atoms with Crippen LogP contribution in [0, 0.1) is 40.4 Å². The van der Waals surface area contributed by atoms with Gasteiger partial charge in [0.25, 0.3) is 0 Å². The Hall–Kier alpha value is -2.59. The van der Waals surface area contributed by atoms with Gasteiger partial charge in [0, 0.05) is 23.3 Å². The van der Waals surface area contributed by atoms with Gasteiger partial charge in [-0.15, -0.1) is 0 Å². The minimum Gasteiger partial charge on any atom is -0.461 e. The molecule has 1 aromatic carbocycles. The van der Waals surface area contributed by atoms with E-state index in [2.05, 4.69) is 12.1 Å². The molecule has 1 heterocycles. The SMILES string of the molecule is N#CC1=C(C#N)[C@@H]2C[C@H]3OC(=O)[C@H]([C@@H]13)[C@@H]2c1ccccc1. The molecule has 5 rings (SSSR count). The van der Waals surface area contributed by atoms with E-state index in [9.17, 15) is 15.3 Å². The van der Waals surface area contributed by atoms with E-state index in [0.29, 0.717) is 17.6 Å². The van der Waals surface area contributed by atoms with E-state index in [1.54, 1.807) is 0 Å². The molecule has 0 spiro atoms. The Bertz CT molecular complexity index is 738. The molecule has 4 nitrogen and oxygen atoms in total. The zero-order valence-electron chi connectivity index (χ0n) is 11.2. The zero-order valence-corrected chi connectivity index (χ0v) is 11.2. The smallest absolute Gasteiger partial charge is 0.310 e. The van der Waals surface area contributed by atoms with Gasteiger partial charge in [-0.05, 0) is 12.0 Å². The second-order valence-electron chi connectivity index (χ2n) is 5.86. The van der Waals surface area contributed by atoms with Crippen molar-refractivity contribution in [2.24, 2.45) is 17.8 Å². The minimum absolute atomic E-state index is 0.0470. The number of esters is 1. The van der Waals surface area contributed by atoms with Gasteiger partial charge in [0.15, 0.2) is 0 Å². The Morgan fingerprint density at radius 3 is 2.38 bits per heavy atom. The number of nitrogens with zero attached hydrogens (tertiary/aromatic N) is 2. The van der Waals surface area contributed by atoms with Crippen molar-refractivity contribution in [2.45, 2.75) is 18.4 Å². The second kappa shape index (κ2) is 4.20. The van der Waals surface area contributed by atoms with Crippen molar-refractivity contribution in [3.05, 3.63) is 47.0 Å². The number of carbonyl (C=O) groups excluding carboxylic acids is 1. The molecule has 2 fully saturated rings. The van der Waals surface area contributed by atoms with Crippen LogP contribution in [0.15, 0.2) is 41.5 Å². The summed E-state index contributed by atoms with van der Waals surface area (Å²) in [7, 11) is 0. The van der Waals surface area contributed by atoms with Crippen LogP contribution in [0.3, 0.4) is 0 Å². The normalized spacial score (nSPS) is 36.1. The van der Waals surface area contributed by atoms with Gasteiger partial charge >= 0.3 is 5.97 Å². The molecule has 21 heavy (non-hydrogen) atoms. The Balaban J connectivity index is 1.92. The maximum atomic E-state index is 12.2. The minimum atomic E-state index is -0.317. The van der Waals surface area contributed by atoms with Gasteiger partial charge in [0.05, 0.1) is 23.6 Å². The largest absolute Gasteiger partial charge is 0.461 e. The van der Waals surface area contributed by atoms with Crippen LogP contribution in [0.5, 0.6) is 0 Å². The van der Waals surface area contributed by atoms with E-state index in [0.717, 1.165) is 5.56 Å². The highest BCUT2D eigenvalue weighted by Gasteiger charge is 2.62. The molecule has 0 unspecified atom stereocenters. The Kier molecular flexibility index (Phi) is 2.43. The zero-order chi connectivity index (χ0) is 14.6. The predicted molar refractivity (Wildman–Crippen MR) is 72.4 cm³/mol. The molecule has 4 bridgehead atoms. The van der Waals surface area contributed by atoms with Gasteiger partial charge in [0.2, 0.25) is 0 Å². The number of ether oxygens (including phenoxy) is 1. The summed E-state index contributed by atoms with van der Waals surface area (Å²) >= 11 is 0. The van der Waals surface area contributed by atoms with E-state index in [1.807, 2.05) is 30.3 Å². The molecular weight excluding hydrogens is 264 g/mol. The number of hydrogen-bond donors (Lipinski definition) is 0. The molecular formula is C17H12N2O2. The molecule has 1 aliphatic heterocycles. The molecule has 0 amide bonds. The van der Waals surface area contributed by atoms with E-state index in [4.69, 9.17) is 4.74 Å². The van der Waals surface area contributed by atoms with Gasteiger partial charge < -0.3 is 4.74 Å². The fourth-order valence-corrected chi connectivity index (χ4v) is 4.33. The first-order valence-corrected chi connectivity index (χ1v) is 7.06. The van der Waals surface area contributed by atoms with Crippen molar-refractivity contribution < 1.29 is 9.53 Å². The van der Waals surface area contributed by atoms with Gasteiger partial charge in [-0.25, -0.2) is 0 Å². The van der Waals surface area contributed by atoms with Crippen molar-refractivity contribution >= 4 is 5.97 Å². The third-order valence-corrected chi connectivity index (χ3v) is 5.05. The van der Waals surface area contributed by atoms with E-state index < -0.39 is 0 Å². The molecule has 0 radical (unpaired) electrons. The van der Waals surface area contributed by atoms with Crippen molar-refractivity contribution in [3.8, 4) is 12.1 Å². The summed E-state index contributed by atoms with van der Waals surface area (Å²) in [6.07, 6.45) is 0.430. The number of hydrogen-bond acceptors (Lipinski definition) is 4. The number of nitriles is 2. The third kappa shape index (κ3) is 1.45. The fourth-order valence-electron chi connectivity index (χ4n) is 4.33. The first-order chi connectivity index (χ1) is 10.3. The number of allylic oxidation sites excluding steroid dienone is 1. The molecule has 4 aliphatic rings. The van der Waals surface area contributed by atoms with Crippen molar-refractivity contribution in [3.63, 3.8) is 0 Å². The first kappa shape index (κ1) is 12.2. The monoisotopic (exact) mass is 276 g/mol. The van der Waals surface area contributed by atoms with E-state index >= 15 is 0 Å². The lowest BCUT2D eigenvalue weighted by atomic mass is 9.55. The highest BCUT2D eigenvalue weighted by atomic mass is 16.6. The van der Waals surface area contributed by atoms with Gasteiger partial charge in [-0.3, -0.25) is 4.79 Å². The van der Waals surface area contributed by atoms with Crippen LogP contribution < -0.4 is 0 Å². The average molecular weight is 276 g/mol. The molecule has 0 aromatic heterocycles. The lowest BCUT2D eigenvalue weighted by Gasteiger charge is -2.44. The lowest BCUT2D eigenvalue weighted by molar-refractivity contribution is -0.143. The van der Waals surface area contributed by atoms with Crippen LogP contribution in [0.1, 0.15) is 17.9 Å². The maximum Gasteiger partial charge on any atom is 0.310 e. The van der Waals surface area contributed by atoms with Crippen LogP contribution in [-0.2, 0) is 9.53 Å². The Morgan fingerprint density at radius 2 is 1.71 bits per heavy atom. The summed E-state index contributed by atoms with van der Waals surface area (Å²) in [5.74, 6) is -0.908. The molecule has 3 aliphatic carbocycles. The van der Waals surface area contributed by atoms with Crippen molar-refractivity contribution in [1.82, 2.24) is 0 Å². The lowest BCUT2D eigenvalue weighted by Crippen LogP contribution is -2.44. The van der Waals surface area contributed by atoms with Crippen LogP contribution in [0.2, 0.25) is 0 Å². The van der Waals surface area contributed by atoms with Gasteiger partial charge in [0.1, 0.15) is 6.10 Å². The summed E-state index contributed by atoms with van der Waals surface area (Å²) in [4.78, 5) is 12.2. The highest BCUT2D eigenvalue weighted by molar-refractivity contribution is 5.80. The van der Waals surface area contributed by atoms with Crippen LogP contribution in [0.25, 0.3) is 0 Å². The van der Waals surface area contributed by atoms with Gasteiger partial charge in [-0.1, -0.05) is 30.3 Å². The standard InChI is InChI=1S/C17H12N2O2/c18-7-11-10-6-13-15(12(11)8-19)16(17(20)21-13)14(10)9-4-2-1-3-5-9/h1-5,10,13-16H,6H2/t10-,13+,14+,15-,16-/m0/s1. The summed E-state index contributed by atoms with van der Waals surface area (Å²) in [5, 5.41) is 18.8. The summed E-state index contributed by atoms with van der Waals surface area (Å²) in [6.45, 7) is 0. The average Bonchev–Trinajstić information content (AvgIpc) is 2.78. The first-order valence-electron chi connectivity index (χ1n) is 7.06. The summed E-state index contributed by atoms with van der Waals surface area (Å²) in [5.41, 5.74) is 2.09. The van der Waals surface area contributed by atoms with Crippen molar-refractivity contribution in [2.75, 3.05) is 0 Å². The Labute approximate surface area is 122 Å². The van der Waals surface area contributed by atoms with Gasteiger partial charge in [-0.2, -0.15) is 10.5 Å². The number of rotatable bonds is 1. The Morgan fingerprint density at radius 1 is 1.00 bits per heavy atom. The van der Waals surface area contributed by atoms with Crippen molar-refractivity contribution in [1.29, 1.82) is 10.5 Å². The second-order valence-corrected chi connectivity index (χ2v) is 5.86. The van der Waals surface area contributed by atoms with Crippen LogP contribution in [0.4, 0.5) is 0 Å². The predicted octanol–water partition coefficient (Wildman–Crippen LogP) is 2.31. The van der Waals surface area contributed by atoms with E-state index in [1.165, 1.54) is 0 Å². The third-order valence-electron chi connectivity index (χ3n) is 5.05. The highest BCUT2D eigenvalue weighted by Crippen LogP contribution is 2.59. The molecule has 4 heteroatoms. The molecule has 5 atom stereocenters. The molecule has 1 aromatic rings. The quantitative estimate of drug-likeness (QED) is 0.738.